The quantitative estimate of drug-likeness (QED) is 0.592. The van der Waals surface area contributed by atoms with E-state index < -0.39 is 0 Å². The van der Waals surface area contributed by atoms with Crippen molar-refractivity contribution in [1.82, 2.24) is 0 Å². The smallest absolute Gasteiger partial charge is 0.0173 e. The topological polar surface area (TPSA) is 0 Å². The van der Waals surface area contributed by atoms with Crippen LogP contribution < -0.4 is 0 Å². The molecule has 0 saturated heterocycles. The minimum atomic E-state index is 0.977. The zero-order valence-corrected chi connectivity index (χ0v) is 10.5. The molecule has 0 heterocycles. The van der Waals surface area contributed by atoms with E-state index in [2.05, 4.69) is 0 Å². The maximum absolute atomic E-state index is 1.71. The molecule has 17 heavy (non-hydrogen) atoms. The van der Waals surface area contributed by atoms with Crippen LogP contribution in [0.3, 0.4) is 0 Å². The molecule has 0 aromatic carbocycles. The van der Waals surface area contributed by atoms with E-state index in [9.17, 15) is 0 Å². The molecule has 9 aliphatic rings. The van der Waals surface area contributed by atoms with Crippen LogP contribution in [0.4, 0.5) is 0 Å². The van der Waals surface area contributed by atoms with Gasteiger partial charge in [-0.1, -0.05) is 0 Å². The molecule has 0 heteroatoms. The van der Waals surface area contributed by atoms with Gasteiger partial charge in [0, 0.05) is 0 Å². The van der Waals surface area contributed by atoms with Crippen molar-refractivity contribution >= 4 is 0 Å². The van der Waals surface area contributed by atoms with Crippen LogP contribution in [-0.4, -0.2) is 0 Å². The van der Waals surface area contributed by atoms with Crippen molar-refractivity contribution in [2.45, 2.75) is 38.5 Å². The molecule has 11 unspecified atom stereocenters. The molecule has 9 fully saturated rings. The summed E-state index contributed by atoms with van der Waals surface area (Å²) in [5, 5.41) is 0. The van der Waals surface area contributed by atoms with Crippen LogP contribution in [0.5, 0.6) is 0 Å². The van der Waals surface area contributed by atoms with E-state index in [1.54, 1.807) is 38.5 Å². The van der Waals surface area contributed by atoms with Crippen LogP contribution in [0.15, 0.2) is 0 Å². The molecular formula is C17H22. The third kappa shape index (κ3) is 0.543. The first-order valence-corrected chi connectivity index (χ1v) is 8.39. The minimum Gasteiger partial charge on any atom is -0.0467 e. The van der Waals surface area contributed by atoms with Crippen LogP contribution in [0, 0.1) is 64.6 Å². The van der Waals surface area contributed by atoms with E-state index >= 15 is 0 Å². The second kappa shape index (κ2) is 2.04. The first-order chi connectivity index (χ1) is 8.39. The van der Waals surface area contributed by atoms with Crippen molar-refractivity contribution in [2.75, 3.05) is 0 Å². The fourth-order valence-corrected chi connectivity index (χ4v) is 10.2. The zero-order valence-electron chi connectivity index (χ0n) is 10.5. The average Bonchev–Trinajstić information content (AvgIpc) is 2.58. The molecule has 1 spiro atoms. The van der Waals surface area contributed by atoms with E-state index in [1.165, 1.54) is 59.2 Å². The highest BCUT2D eigenvalue weighted by molar-refractivity contribution is 5.31. The third-order valence-corrected chi connectivity index (χ3v) is 9.61. The lowest BCUT2D eigenvalue weighted by atomic mass is 9.44. The molecule has 9 rings (SSSR count). The van der Waals surface area contributed by atoms with Crippen LogP contribution in [0.2, 0.25) is 0 Å². The molecule has 9 saturated carbocycles. The monoisotopic (exact) mass is 226 g/mol. The van der Waals surface area contributed by atoms with Crippen molar-refractivity contribution in [3.63, 3.8) is 0 Å². The Balaban J connectivity index is 1.66. The summed E-state index contributed by atoms with van der Waals surface area (Å²) in [6.45, 7) is 0. The van der Waals surface area contributed by atoms with Gasteiger partial charge in [-0.05, 0) is 103 Å². The summed E-state index contributed by atoms with van der Waals surface area (Å²) >= 11 is 0. The molecule has 9 aliphatic carbocycles. The summed E-state index contributed by atoms with van der Waals surface area (Å²) in [7, 11) is 0. The van der Waals surface area contributed by atoms with Gasteiger partial charge < -0.3 is 0 Å². The van der Waals surface area contributed by atoms with Gasteiger partial charge in [-0.15, -0.1) is 0 Å². The summed E-state index contributed by atoms with van der Waals surface area (Å²) in [5.41, 5.74) is 0.977. The molecule has 0 nitrogen and oxygen atoms in total. The first-order valence-electron chi connectivity index (χ1n) is 8.39. The molecule has 0 aliphatic heterocycles. The molecule has 11 atom stereocenters. The fourth-order valence-electron chi connectivity index (χ4n) is 10.2. The van der Waals surface area contributed by atoms with Gasteiger partial charge in [-0.3, -0.25) is 0 Å². The van der Waals surface area contributed by atoms with Crippen LogP contribution in [0.25, 0.3) is 0 Å². The Morgan fingerprint density at radius 1 is 0.588 bits per heavy atom. The van der Waals surface area contributed by atoms with Crippen LogP contribution in [0.1, 0.15) is 38.5 Å². The van der Waals surface area contributed by atoms with Gasteiger partial charge in [-0.25, -0.2) is 0 Å². The number of hydrogen-bond donors (Lipinski definition) is 0. The summed E-state index contributed by atoms with van der Waals surface area (Å²) in [4.78, 5) is 0. The normalized spacial score (nSPS) is 83.3. The Labute approximate surface area is 104 Å². The second-order valence-electron chi connectivity index (χ2n) is 9.04. The van der Waals surface area contributed by atoms with Crippen LogP contribution >= 0.6 is 0 Å². The average molecular weight is 226 g/mol. The van der Waals surface area contributed by atoms with Crippen molar-refractivity contribution in [3.8, 4) is 0 Å². The Kier molecular flexibility index (Phi) is 0.988. The van der Waals surface area contributed by atoms with Gasteiger partial charge >= 0.3 is 0 Å². The molecule has 0 aromatic rings. The SMILES string of the molecule is C1C2CC3C4C1C1CC2C25C1CC(CC32)CC45. The predicted molar refractivity (Wildman–Crippen MR) is 65.0 cm³/mol. The lowest BCUT2D eigenvalue weighted by Gasteiger charge is -2.61. The summed E-state index contributed by atoms with van der Waals surface area (Å²) in [6.07, 6.45) is 10.2. The molecule has 0 radical (unpaired) electrons. The minimum absolute atomic E-state index is 0.977. The van der Waals surface area contributed by atoms with Gasteiger partial charge in [0.1, 0.15) is 0 Å². The highest BCUT2D eigenvalue weighted by Crippen LogP contribution is 2.89. The zero-order chi connectivity index (χ0) is 10.5. The van der Waals surface area contributed by atoms with Crippen molar-refractivity contribution in [2.24, 2.45) is 64.6 Å². The maximum Gasteiger partial charge on any atom is -0.0173 e. The standard InChI is InChI=1S/C17H22/c1-7-2-14-11-5-8-4-10-9-6-12(8)17(14,13(1)9)15(3-7)16(10)11/h7-16H,1-6H2. The first kappa shape index (κ1) is 8.23. The lowest BCUT2D eigenvalue weighted by Crippen LogP contribution is -2.55. The fraction of sp³-hybridized carbons (Fsp3) is 1.00. The van der Waals surface area contributed by atoms with E-state index in [1.807, 2.05) is 0 Å². The van der Waals surface area contributed by atoms with Gasteiger partial charge in [0.05, 0.1) is 0 Å². The lowest BCUT2D eigenvalue weighted by molar-refractivity contribution is -0.130. The molecule has 0 amide bonds. The molecular weight excluding hydrogens is 204 g/mol. The summed E-state index contributed by atoms with van der Waals surface area (Å²) < 4.78 is 0. The van der Waals surface area contributed by atoms with E-state index in [0.717, 1.165) is 5.41 Å². The summed E-state index contributed by atoms with van der Waals surface area (Å²) in [6, 6.07) is 0. The third-order valence-electron chi connectivity index (χ3n) is 9.61. The molecule has 90 valence electrons. The summed E-state index contributed by atoms with van der Waals surface area (Å²) in [5.74, 6) is 12.4. The second-order valence-corrected chi connectivity index (χ2v) is 9.04. The van der Waals surface area contributed by atoms with E-state index in [0.29, 0.717) is 0 Å². The largest absolute Gasteiger partial charge is 0.0467 e. The maximum atomic E-state index is 1.71. The van der Waals surface area contributed by atoms with E-state index in [-0.39, 0.29) is 0 Å². The highest BCUT2D eigenvalue weighted by Gasteiger charge is 2.83. The Hall–Kier alpha value is 0. The number of rotatable bonds is 0. The molecule has 0 aromatic heterocycles. The Bertz CT molecular complexity index is 433. The van der Waals surface area contributed by atoms with Crippen molar-refractivity contribution in [3.05, 3.63) is 0 Å². The van der Waals surface area contributed by atoms with Gasteiger partial charge in [0.25, 0.3) is 0 Å². The Morgan fingerprint density at radius 2 is 1.35 bits per heavy atom. The van der Waals surface area contributed by atoms with Gasteiger partial charge in [0.2, 0.25) is 0 Å². The van der Waals surface area contributed by atoms with Crippen molar-refractivity contribution < 1.29 is 0 Å². The Morgan fingerprint density at radius 3 is 2.29 bits per heavy atom. The number of hydrogen-bond acceptors (Lipinski definition) is 0. The van der Waals surface area contributed by atoms with Crippen molar-refractivity contribution in [1.29, 1.82) is 0 Å². The van der Waals surface area contributed by atoms with E-state index in [4.69, 9.17) is 0 Å². The molecule has 0 N–H and O–H groups in total. The van der Waals surface area contributed by atoms with Gasteiger partial charge in [-0.2, -0.15) is 0 Å². The highest BCUT2D eigenvalue weighted by atomic mass is 14.9. The van der Waals surface area contributed by atoms with Crippen LogP contribution in [-0.2, 0) is 0 Å². The molecule has 11 bridgehead atoms. The predicted octanol–water partition coefficient (Wildman–Crippen LogP) is 3.57. The van der Waals surface area contributed by atoms with Gasteiger partial charge in [0.15, 0.2) is 0 Å².